The molecule has 5 nitrogen and oxygen atoms in total. The lowest BCUT2D eigenvalue weighted by atomic mass is 9.75. The Morgan fingerprint density at radius 1 is 1.47 bits per heavy atom. The second-order valence-electron chi connectivity index (χ2n) is 4.95. The summed E-state index contributed by atoms with van der Waals surface area (Å²) in [5.74, 6) is 0.177. The molecular formula is C12H21N3O2. The van der Waals surface area contributed by atoms with Crippen molar-refractivity contribution in [3.05, 3.63) is 22.1 Å². The van der Waals surface area contributed by atoms with E-state index in [2.05, 4.69) is 16.1 Å². The highest BCUT2D eigenvalue weighted by atomic mass is 16.5. The van der Waals surface area contributed by atoms with Crippen molar-refractivity contribution in [1.29, 1.82) is 0 Å². The lowest BCUT2D eigenvalue weighted by Gasteiger charge is -2.42. The Hall–Kier alpha value is -1.03. The first-order chi connectivity index (χ1) is 7.97. The first kappa shape index (κ1) is 14.0. The number of nitrogens with zero attached hydrogens (tertiary/aromatic N) is 3. The van der Waals surface area contributed by atoms with Gasteiger partial charge in [-0.3, -0.25) is 0 Å². The van der Waals surface area contributed by atoms with Gasteiger partial charge in [-0.05, 0) is 32.7 Å². The highest BCUT2D eigenvalue weighted by Gasteiger charge is 2.41. The Morgan fingerprint density at radius 3 is 2.59 bits per heavy atom. The van der Waals surface area contributed by atoms with Crippen LogP contribution in [0.3, 0.4) is 0 Å². The fourth-order valence-corrected chi connectivity index (χ4v) is 2.38. The number of rotatable bonds is 4. The van der Waals surface area contributed by atoms with Crippen LogP contribution in [0.4, 0.5) is 0 Å². The van der Waals surface area contributed by atoms with Gasteiger partial charge >= 0.3 is 0 Å². The molecule has 0 fully saturated rings. The minimum absolute atomic E-state index is 0.133. The van der Waals surface area contributed by atoms with E-state index in [4.69, 9.17) is 15.0 Å². The lowest BCUT2D eigenvalue weighted by molar-refractivity contribution is -0.0916. The van der Waals surface area contributed by atoms with E-state index < -0.39 is 0 Å². The van der Waals surface area contributed by atoms with Crippen LogP contribution in [0.1, 0.15) is 27.2 Å². The summed E-state index contributed by atoms with van der Waals surface area (Å²) in [7, 11) is 3.35. The maximum absolute atomic E-state index is 8.64. The predicted octanol–water partition coefficient (Wildman–Crippen LogP) is 3.07. The van der Waals surface area contributed by atoms with Crippen LogP contribution < -0.4 is 0 Å². The molecule has 1 aliphatic rings. The molecule has 0 saturated carbocycles. The number of ether oxygens (including phenoxy) is 2. The van der Waals surface area contributed by atoms with Gasteiger partial charge in [-0.2, -0.15) is 0 Å². The molecule has 96 valence electrons. The fraction of sp³-hybridized carbons (Fsp3) is 0.833. The van der Waals surface area contributed by atoms with Crippen LogP contribution in [0.5, 0.6) is 0 Å². The van der Waals surface area contributed by atoms with E-state index in [1.54, 1.807) is 14.2 Å². The minimum Gasteiger partial charge on any atom is -0.380 e. The molecule has 3 atom stereocenters. The molecule has 1 aliphatic carbocycles. The smallest absolute Gasteiger partial charge is 0.0848 e. The SMILES string of the molecule is CO[C@@H]1[C@H](N=[N+]=[N-])C(C)=CC[C@@H]1C(C)(C)OC. The summed E-state index contributed by atoms with van der Waals surface area (Å²) >= 11 is 0. The van der Waals surface area contributed by atoms with Crippen LogP contribution >= 0.6 is 0 Å². The van der Waals surface area contributed by atoms with Crippen molar-refractivity contribution in [3.8, 4) is 0 Å². The molecule has 17 heavy (non-hydrogen) atoms. The molecule has 0 spiro atoms. The van der Waals surface area contributed by atoms with Gasteiger partial charge in [0.25, 0.3) is 0 Å². The molecule has 0 heterocycles. The number of azide groups is 1. The van der Waals surface area contributed by atoms with E-state index in [0.717, 1.165) is 12.0 Å². The fourth-order valence-electron chi connectivity index (χ4n) is 2.38. The molecule has 0 unspecified atom stereocenters. The predicted molar refractivity (Wildman–Crippen MR) is 66.7 cm³/mol. The van der Waals surface area contributed by atoms with Gasteiger partial charge < -0.3 is 9.47 Å². The zero-order chi connectivity index (χ0) is 13.1. The van der Waals surface area contributed by atoms with Crippen molar-refractivity contribution >= 4 is 0 Å². The third-order valence-corrected chi connectivity index (χ3v) is 3.74. The number of hydrogen-bond acceptors (Lipinski definition) is 3. The van der Waals surface area contributed by atoms with Crippen LogP contribution in [0.25, 0.3) is 10.4 Å². The number of hydrogen-bond donors (Lipinski definition) is 0. The Bertz CT molecular complexity index is 346. The highest BCUT2D eigenvalue weighted by Crippen LogP contribution is 2.37. The van der Waals surface area contributed by atoms with E-state index in [0.29, 0.717) is 0 Å². The molecule has 0 N–H and O–H groups in total. The Labute approximate surface area is 102 Å². The summed E-state index contributed by atoms with van der Waals surface area (Å²) in [6, 6.07) is -0.238. The molecule has 5 heteroatoms. The Kier molecular flexibility index (Phi) is 4.57. The van der Waals surface area contributed by atoms with Gasteiger partial charge in [0.1, 0.15) is 0 Å². The molecular weight excluding hydrogens is 218 g/mol. The summed E-state index contributed by atoms with van der Waals surface area (Å²) < 4.78 is 11.1. The van der Waals surface area contributed by atoms with Crippen molar-refractivity contribution in [2.45, 2.75) is 44.9 Å². The van der Waals surface area contributed by atoms with Crippen molar-refractivity contribution in [2.24, 2.45) is 11.0 Å². The van der Waals surface area contributed by atoms with Crippen molar-refractivity contribution in [1.82, 2.24) is 0 Å². The van der Waals surface area contributed by atoms with Crippen LogP contribution in [-0.2, 0) is 9.47 Å². The highest BCUT2D eigenvalue weighted by molar-refractivity contribution is 5.18. The van der Waals surface area contributed by atoms with Gasteiger partial charge in [0.2, 0.25) is 0 Å². The van der Waals surface area contributed by atoms with Crippen LogP contribution in [0.2, 0.25) is 0 Å². The van der Waals surface area contributed by atoms with E-state index in [-0.39, 0.29) is 23.7 Å². The normalized spacial score (nSPS) is 29.5. The quantitative estimate of drug-likeness (QED) is 0.327. The van der Waals surface area contributed by atoms with E-state index >= 15 is 0 Å². The molecule has 0 aromatic carbocycles. The monoisotopic (exact) mass is 239 g/mol. The van der Waals surface area contributed by atoms with Gasteiger partial charge in [-0.1, -0.05) is 16.8 Å². The molecule has 0 saturated heterocycles. The van der Waals surface area contributed by atoms with E-state index in [1.807, 2.05) is 20.8 Å². The zero-order valence-electron chi connectivity index (χ0n) is 11.2. The average molecular weight is 239 g/mol. The third kappa shape index (κ3) is 2.80. The second-order valence-corrected chi connectivity index (χ2v) is 4.95. The molecule has 0 bridgehead atoms. The minimum atomic E-state index is -0.304. The van der Waals surface area contributed by atoms with Crippen LogP contribution in [0.15, 0.2) is 16.8 Å². The molecule has 0 aliphatic heterocycles. The number of allylic oxidation sites excluding steroid dienone is 1. The lowest BCUT2D eigenvalue weighted by Crippen LogP contribution is -2.48. The largest absolute Gasteiger partial charge is 0.380 e. The summed E-state index contributed by atoms with van der Waals surface area (Å²) in [4.78, 5) is 2.91. The summed E-state index contributed by atoms with van der Waals surface area (Å²) in [6.45, 7) is 6.04. The van der Waals surface area contributed by atoms with Gasteiger partial charge in [0.05, 0.1) is 17.7 Å². The Balaban J connectivity index is 3.07. The number of methoxy groups -OCH3 is 2. The topological polar surface area (TPSA) is 67.2 Å². The maximum atomic E-state index is 8.64. The van der Waals surface area contributed by atoms with Gasteiger partial charge in [-0.25, -0.2) is 0 Å². The van der Waals surface area contributed by atoms with Crippen molar-refractivity contribution in [2.75, 3.05) is 14.2 Å². The second kappa shape index (κ2) is 5.54. The van der Waals surface area contributed by atoms with E-state index in [1.165, 1.54) is 0 Å². The standard InChI is InChI=1S/C12H21N3O2/c1-8-6-7-9(12(2,3)17-5)11(16-4)10(8)14-15-13/h6,9-11H,7H2,1-5H3/t9-,10+,11-/m0/s1. The average Bonchev–Trinajstić information content (AvgIpc) is 2.31. The molecule has 0 radical (unpaired) electrons. The third-order valence-electron chi connectivity index (χ3n) is 3.74. The maximum Gasteiger partial charge on any atom is 0.0848 e. The van der Waals surface area contributed by atoms with Gasteiger partial charge in [-0.15, -0.1) is 0 Å². The molecule has 0 amide bonds. The van der Waals surface area contributed by atoms with Gasteiger partial charge in [0, 0.05) is 25.0 Å². The van der Waals surface area contributed by atoms with Crippen molar-refractivity contribution < 1.29 is 9.47 Å². The van der Waals surface area contributed by atoms with Crippen LogP contribution in [-0.4, -0.2) is 32.0 Å². The zero-order valence-corrected chi connectivity index (χ0v) is 11.2. The summed E-state index contributed by atoms with van der Waals surface area (Å²) in [6.07, 6.45) is 2.86. The molecule has 1 rings (SSSR count). The van der Waals surface area contributed by atoms with E-state index in [9.17, 15) is 0 Å². The van der Waals surface area contributed by atoms with Gasteiger partial charge in [0.15, 0.2) is 0 Å². The molecule has 0 aromatic rings. The van der Waals surface area contributed by atoms with Crippen molar-refractivity contribution in [3.63, 3.8) is 0 Å². The summed E-state index contributed by atoms with van der Waals surface area (Å²) in [5.41, 5.74) is 9.40. The summed E-state index contributed by atoms with van der Waals surface area (Å²) in [5, 5.41) is 3.85. The first-order valence-corrected chi connectivity index (χ1v) is 5.76. The molecule has 0 aromatic heterocycles. The van der Waals surface area contributed by atoms with Crippen LogP contribution in [0, 0.1) is 5.92 Å². The Morgan fingerprint density at radius 2 is 2.12 bits per heavy atom. The first-order valence-electron chi connectivity index (χ1n) is 5.76.